The Morgan fingerprint density at radius 1 is 1.33 bits per heavy atom. The predicted octanol–water partition coefficient (Wildman–Crippen LogP) is 2.45. The van der Waals surface area contributed by atoms with Crippen LogP contribution in [-0.4, -0.2) is 19.2 Å². The van der Waals surface area contributed by atoms with E-state index in [2.05, 4.69) is 12.2 Å². The van der Waals surface area contributed by atoms with Crippen molar-refractivity contribution in [3.05, 3.63) is 30.3 Å². The molecule has 0 amide bonds. The van der Waals surface area contributed by atoms with Gasteiger partial charge in [-0.05, 0) is 37.4 Å². The highest BCUT2D eigenvalue weighted by molar-refractivity contribution is 5.20. The van der Waals surface area contributed by atoms with E-state index in [-0.39, 0.29) is 0 Å². The fraction of sp³-hybridized carbons (Fsp3) is 0.538. The van der Waals surface area contributed by atoms with E-state index in [1.807, 2.05) is 30.3 Å². The smallest absolute Gasteiger partial charge is 0.119 e. The molecule has 2 heteroatoms. The predicted molar refractivity (Wildman–Crippen MR) is 62.1 cm³/mol. The highest BCUT2D eigenvalue weighted by Crippen LogP contribution is 2.28. The fourth-order valence-corrected chi connectivity index (χ4v) is 1.67. The van der Waals surface area contributed by atoms with Gasteiger partial charge in [-0.25, -0.2) is 0 Å². The van der Waals surface area contributed by atoms with Gasteiger partial charge < -0.3 is 10.1 Å². The molecule has 0 aliphatic heterocycles. The number of para-hydroxylation sites is 1. The van der Waals surface area contributed by atoms with Gasteiger partial charge in [0.25, 0.3) is 0 Å². The summed E-state index contributed by atoms with van der Waals surface area (Å²) in [7, 11) is 0. The molecular formula is C13H19NO. The summed E-state index contributed by atoms with van der Waals surface area (Å²) < 4.78 is 5.60. The van der Waals surface area contributed by atoms with Crippen LogP contribution in [0.15, 0.2) is 30.3 Å². The Kier molecular flexibility index (Phi) is 3.62. The van der Waals surface area contributed by atoms with Gasteiger partial charge in [0, 0.05) is 6.04 Å². The molecule has 1 fully saturated rings. The first-order valence-corrected chi connectivity index (χ1v) is 5.77. The number of rotatable bonds is 6. The maximum absolute atomic E-state index is 5.60. The van der Waals surface area contributed by atoms with E-state index in [0.717, 1.165) is 37.3 Å². The number of benzene rings is 1. The zero-order chi connectivity index (χ0) is 10.5. The number of hydrogen-bond acceptors (Lipinski definition) is 2. The van der Waals surface area contributed by atoms with Gasteiger partial charge in [0.1, 0.15) is 5.75 Å². The summed E-state index contributed by atoms with van der Waals surface area (Å²) in [6.45, 7) is 4.16. The highest BCUT2D eigenvalue weighted by atomic mass is 16.5. The molecule has 82 valence electrons. The van der Waals surface area contributed by atoms with Gasteiger partial charge in [-0.3, -0.25) is 0 Å². The van der Waals surface area contributed by atoms with Gasteiger partial charge in [0.05, 0.1) is 6.61 Å². The zero-order valence-electron chi connectivity index (χ0n) is 9.28. The summed E-state index contributed by atoms with van der Waals surface area (Å²) in [6.07, 6.45) is 2.43. The van der Waals surface area contributed by atoms with Crippen LogP contribution in [0.5, 0.6) is 5.75 Å². The third-order valence-corrected chi connectivity index (χ3v) is 2.85. The van der Waals surface area contributed by atoms with Crippen LogP contribution in [-0.2, 0) is 0 Å². The Morgan fingerprint density at radius 3 is 2.73 bits per heavy atom. The van der Waals surface area contributed by atoms with Crippen molar-refractivity contribution in [1.82, 2.24) is 5.32 Å². The molecule has 0 heterocycles. The third-order valence-electron chi connectivity index (χ3n) is 2.85. The second-order valence-electron chi connectivity index (χ2n) is 4.29. The van der Waals surface area contributed by atoms with Crippen LogP contribution in [0, 0.1) is 5.92 Å². The van der Waals surface area contributed by atoms with Crippen LogP contribution in [0.3, 0.4) is 0 Å². The summed E-state index contributed by atoms with van der Waals surface area (Å²) in [5.74, 6) is 1.86. The Balaban J connectivity index is 1.52. The molecule has 2 atom stereocenters. The molecule has 1 aromatic carbocycles. The monoisotopic (exact) mass is 205 g/mol. The molecule has 1 N–H and O–H groups in total. The molecule has 0 spiro atoms. The van der Waals surface area contributed by atoms with Gasteiger partial charge in [-0.1, -0.05) is 25.1 Å². The van der Waals surface area contributed by atoms with Crippen molar-refractivity contribution in [3.8, 4) is 5.75 Å². The van der Waals surface area contributed by atoms with Gasteiger partial charge in [0.2, 0.25) is 0 Å². The van der Waals surface area contributed by atoms with Crippen molar-refractivity contribution < 1.29 is 4.74 Å². The van der Waals surface area contributed by atoms with Crippen molar-refractivity contribution in [2.24, 2.45) is 5.92 Å². The first-order chi connectivity index (χ1) is 7.36. The zero-order valence-corrected chi connectivity index (χ0v) is 9.28. The minimum Gasteiger partial charge on any atom is -0.494 e. The normalized spacial score (nSPS) is 23.8. The Hall–Kier alpha value is -1.02. The molecule has 1 aliphatic rings. The van der Waals surface area contributed by atoms with Crippen LogP contribution in [0.25, 0.3) is 0 Å². The van der Waals surface area contributed by atoms with Crippen LogP contribution >= 0.6 is 0 Å². The second-order valence-corrected chi connectivity index (χ2v) is 4.29. The number of nitrogens with one attached hydrogen (secondary N) is 1. The van der Waals surface area contributed by atoms with E-state index in [0.29, 0.717) is 0 Å². The van der Waals surface area contributed by atoms with Crippen molar-refractivity contribution in [2.75, 3.05) is 13.2 Å². The Morgan fingerprint density at radius 2 is 2.07 bits per heavy atom. The lowest BCUT2D eigenvalue weighted by atomic mass is 10.3. The average Bonchev–Trinajstić information content (AvgIpc) is 2.96. The Labute approximate surface area is 91.6 Å². The highest BCUT2D eigenvalue weighted by Gasteiger charge is 2.31. The van der Waals surface area contributed by atoms with E-state index in [4.69, 9.17) is 4.74 Å². The number of ether oxygens (including phenoxy) is 1. The van der Waals surface area contributed by atoms with E-state index in [1.54, 1.807) is 0 Å². The molecule has 0 bridgehead atoms. The van der Waals surface area contributed by atoms with E-state index in [1.165, 1.54) is 6.42 Å². The van der Waals surface area contributed by atoms with Gasteiger partial charge in [-0.15, -0.1) is 0 Å². The van der Waals surface area contributed by atoms with Gasteiger partial charge in [-0.2, -0.15) is 0 Å². The fourth-order valence-electron chi connectivity index (χ4n) is 1.67. The molecule has 15 heavy (non-hydrogen) atoms. The van der Waals surface area contributed by atoms with Crippen LogP contribution < -0.4 is 10.1 Å². The lowest BCUT2D eigenvalue weighted by Gasteiger charge is -2.06. The first-order valence-electron chi connectivity index (χ1n) is 5.77. The largest absolute Gasteiger partial charge is 0.494 e. The molecule has 1 aliphatic carbocycles. The van der Waals surface area contributed by atoms with Crippen LogP contribution in [0.1, 0.15) is 19.8 Å². The van der Waals surface area contributed by atoms with Crippen molar-refractivity contribution in [3.63, 3.8) is 0 Å². The minimum atomic E-state index is 0.779. The van der Waals surface area contributed by atoms with E-state index in [9.17, 15) is 0 Å². The summed E-state index contributed by atoms with van der Waals surface area (Å²) >= 11 is 0. The topological polar surface area (TPSA) is 21.3 Å². The van der Waals surface area contributed by atoms with Crippen molar-refractivity contribution >= 4 is 0 Å². The summed E-state index contributed by atoms with van der Waals surface area (Å²) in [6, 6.07) is 10.8. The molecule has 0 aromatic heterocycles. The number of hydrogen-bond donors (Lipinski definition) is 1. The molecule has 2 nitrogen and oxygen atoms in total. The van der Waals surface area contributed by atoms with Gasteiger partial charge in [0.15, 0.2) is 0 Å². The standard InChI is InChI=1S/C13H19NO/c1-11-10-13(11)14-8-5-9-15-12-6-3-2-4-7-12/h2-4,6-7,11,13-14H,5,8-10H2,1H3. The van der Waals surface area contributed by atoms with Crippen LogP contribution in [0.2, 0.25) is 0 Å². The molecular weight excluding hydrogens is 186 g/mol. The average molecular weight is 205 g/mol. The third kappa shape index (κ3) is 3.56. The van der Waals surface area contributed by atoms with E-state index >= 15 is 0 Å². The first kappa shape index (κ1) is 10.5. The molecule has 0 saturated heterocycles. The van der Waals surface area contributed by atoms with Crippen molar-refractivity contribution in [1.29, 1.82) is 0 Å². The molecule has 2 unspecified atom stereocenters. The maximum Gasteiger partial charge on any atom is 0.119 e. The SMILES string of the molecule is CC1CC1NCCCOc1ccccc1. The quantitative estimate of drug-likeness (QED) is 0.720. The second kappa shape index (κ2) is 5.17. The van der Waals surface area contributed by atoms with Crippen LogP contribution in [0.4, 0.5) is 0 Å². The Bertz CT molecular complexity index is 286. The molecule has 1 saturated carbocycles. The lowest BCUT2D eigenvalue weighted by Crippen LogP contribution is -2.20. The summed E-state index contributed by atoms with van der Waals surface area (Å²) in [5, 5.41) is 3.51. The molecule has 1 aromatic rings. The lowest BCUT2D eigenvalue weighted by molar-refractivity contribution is 0.307. The molecule has 0 radical (unpaired) electrons. The minimum absolute atomic E-state index is 0.779. The van der Waals surface area contributed by atoms with E-state index < -0.39 is 0 Å². The maximum atomic E-state index is 5.60. The summed E-state index contributed by atoms with van der Waals surface area (Å²) in [5.41, 5.74) is 0. The summed E-state index contributed by atoms with van der Waals surface area (Å²) in [4.78, 5) is 0. The molecule has 2 rings (SSSR count). The van der Waals surface area contributed by atoms with Gasteiger partial charge >= 0.3 is 0 Å². The van der Waals surface area contributed by atoms with Crippen molar-refractivity contribution in [2.45, 2.75) is 25.8 Å².